The first-order valence-corrected chi connectivity index (χ1v) is 9.80. The van der Waals surface area contributed by atoms with Crippen LogP contribution < -0.4 is 10.6 Å². The lowest BCUT2D eigenvalue weighted by molar-refractivity contribution is 0.625. The highest BCUT2D eigenvalue weighted by atomic mass is 127. The molecule has 1 aromatic carbocycles. The lowest BCUT2D eigenvalue weighted by Crippen LogP contribution is -2.38. The van der Waals surface area contributed by atoms with E-state index in [1.165, 1.54) is 6.07 Å². The van der Waals surface area contributed by atoms with Crippen molar-refractivity contribution in [2.75, 3.05) is 13.1 Å². The van der Waals surface area contributed by atoms with Crippen LogP contribution in [0.1, 0.15) is 29.4 Å². The maximum Gasteiger partial charge on any atom is 0.191 e. The monoisotopic (exact) mass is 522 g/mol. The van der Waals surface area contributed by atoms with E-state index in [9.17, 15) is 4.39 Å². The molecular weight excluding hydrogens is 494 g/mol. The summed E-state index contributed by atoms with van der Waals surface area (Å²) >= 11 is 0. The molecule has 0 saturated carbocycles. The third kappa shape index (κ3) is 6.79. The molecule has 8 heteroatoms. The van der Waals surface area contributed by atoms with Gasteiger partial charge in [0.25, 0.3) is 0 Å². The van der Waals surface area contributed by atoms with Crippen LogP contribution in [0, 0.1) is 19.7 Å². The van der Waals surface area contributed by atoms with Gasteiger partial charge in [0.15, 0.2) is 11.8 Å². The molecule has 2 N–H and O–H groups in total. The fraction of sp³-hybridized carbons (Fsp3) is 0.318. The van der Waals surface area contributed by atoms with Crippen LogP contribution in [0.25, 0.3) is 5.82 Å². The molecule has 2 heterocycles. The van der Waals surface area contributed by atoms with Gasteiger partial charge in [0.2, 0.25) is 0 Å². The topological polar surface area (TPSA) is 67.1 Å². The molecule has 160 valence electrons. The highest BCUT2D eigenvalue weighted by Gasteiger charge is 2.05. The van der Waals surface area contributed by atoms with Gasteiger partial charge in [-0.3, -0.25) is 0 Å². The normalized spacial score (nSPS) is 11.1. The summed E-state index contributed by atoms with van der Waals surface area (Å²) in [6.45, 7) is 7.95. The van der Waals surface area contributed by atoms with E-state index in [2.05, 4.69) is 25.7 Å². The number of hydrogen-bond acceptors (Lipinski definition) is 3. The number of benzene rings is 1. The summed E-state index contributed by atoms with van der Waals surface area (Å²) in [4.78, 5) is 9.13. The van der Waals surface area contributed by atoms with Crippen molar-refractivity contribution in [3.8, 4) is 5.82 Å². The smallest absolute Gasteiger partial charge is 0.191 e. The number of rotatable bonds is 7. The van der Waals surface area contributed by atoms with Crippen molar-refractivity contribution in [1.82, 2.24) is 25.4 Å². The lowest BCUT2D eigenvalue weighted by Gasteiger charge is -2.11. The second-order valence-electron chi connectivity index (χ2n) is 6.87. The summed E-state index contributed by atoms with van der Waals surface area (Å²) in [5.74, 6) is 1.31. The second kappa shape index (κ2) is 11.6. The number of halogens is 2. The Labute approximate surface area is 194 Å². The van der Waals surface area contributed by atoms with E-state index in [0.29, 0.717) is 13.1 Å². The van der Waals surface area contributed by atoms with Gasteiger partial charge in [0.05, 0.1) is 12.2 Å². The van der Waals surface area contributed by atoms with Crippen LogP contribution in [0.4, 0.5) is 4.39 Å². The van der Waals surface area contributed by atoms with Gasteiger partial charge in [-0.2, -0.15) is 5.10 Å². The Morgan fingerprint density at radius 1 is 1.10 bits per heavy atom. The molecule has 0 fully saturated rings. The molecule has 0 amide bonds. The second-order valence-corrected chi connectivity index (χ2v) is 6.87. The van der Waals surface area contributed by atoms with Crippen LogP contribution in [0.2, 0.25) is 0 Å². The van der Waals surface area contributed by atoms with Gasteiger partial charge >= 0.3 is 0 Å². The third-order valence-corrected chi connectivity index (χ3v) is 4.39. The average Bonchev–Trinajstić information content (AvgIpc) is 3.04. The number of pyridine rings is 1. The van der Waals surface area contributed by atoms with Crippen molar-refractivity contribution in [1.29, 1.82) is 0 Å². The number of nitrogens with one attached hydrogen (secondary N) is 2. The molecule has 0 spiro atoms. The zero-order valence-corrected chi connectivity index (χ0v) is 19.9. The van der Waals surface area contributed by atoms with Crippen molar-refractivity contribution in [2.45, 2.75) is 33.7 Å². The van der Waals surface area contributed by atoms with Gasteiger partial charge in [0, 0.05) is 25.0 Å². The number of hydrogen-bond donors (Lipinski definition) is 2. The number of aromatic nitrogens is 3. The van der Waals surface area contributed by atoms with Crippen LogP contribution in [-0.2, 0) is 13.0 Å². The standard InChI is InChI=1S/C22H27FN6.HI/c1-4-24-22(25-11-10-18-6-5-7-20(23)13-18)27-15-19-8-9-21(26-14-19)29-17(3)12-16(2)28-29;/h5-9,12-14H,4,10-11,15H2,1-3H3,(H2,24,25,27);1H. The van der Waals surface area contributed by atoms with Crippen molar-refractivity contribution in [2.24, 2.45) is 4.99 Å². The Balaban J connectivity index is 0.00000320. The summed E-state index contributed by atoms with van der Waals surface area (Å²) in [6.07, 6.45) is 2.55. The zero-order valence-electron chi connectivity index (χ0n) is 17.5. The number of nitrogens with zero attached hydrogens (tertiary/aromatic N) is 4. The van der Waals surface area contributed by atoms with Crippen molar-refractivity contribution < 1.29 is 4.39 Å². The molecule has 0 radical (unpaired) electrons. The van der Waals surface area contributed by atoms with Crippen LogP contribution in [0.5, 0.6) is 0 Å². The molecule has 0 aliphatic rings. The molecule has 0 unspecified atom stereocenters. The van der Waals surface area contributed by atoms with E-state index in [1.54, 1.807) is 12.1 Å². The molecule has 6 nitrogen and oxygen atoms in total. The summed E-state index contributed by atoms with van der Waals surface area (Å²) in [5, 5.41) is 11.0. The Hall–Kier alpha value is -2.49. The molecule has 0 aliphatic carbocycles. The van der Waals surface area contributed by atoms with E-state index in [4.69, 9.17) is 0 Å². The molecule has 3 aromatic rings. The first-order valence-electron chi connectivity index (χ1n) is 9.80. The Bertz CT molecular complexity index is 968. The third-order valence-electron chi connectivity index (χ3n) is 4.39. The van der Waals surface area contributed by atoms with Crippen LogP contribution in [-0.4, -0.2) is 33.8 Å². The first-order chi connectivity index (χ1) is 14.0. The average molecular weight is 522 g/mol. The zero-order chi connectivity index (χ0) is 20.6. The van der Waals surface area contributed by atoms with Gasteiger partial charge < -0.3 is 10.6 Å². The Morgan fingerprint density at radius 3 is 2.57 bits per heavy atom. The van der Waals surface area contributed by atoms with E-state index in [-0.39, 0.29) is 29.8 Å². The summed E-state index contributed by atoms with van der Waals surface area (Å²) in [6, 6.07) is 12.7. The lowest BCUT2D eigenvalue weighted by atomic mass is 10.1. The fourth-order valence-corrected chi connectivity index (χ4v) is 3.03. The summed E-state index contributed by atoms with van der Waals surface area (Å²) < 4.78 is 15.1. The number of guanidine groups is 1. The van der Waals surface area contributed by atoms with E-state index >= 15 is 0 Å². The largest absolute Gasteiger partial charge is 0.357 e. The highest BCUT2D eigenvalue weighted by Crippen LogP contribution is 2.10. The molecule has 3 rings (SSSR count). The first kappa shape index (κ1) is 23.8. The van der Waals surface area contributed by atoms with Crippen LogP contribution in [0.3, 0.4) is 0 Å². The Kier molecular flexibility index (Phi) is 9.22. The van der Waals surface area contributed by atoms with E-state index in [1.807, 2.05) is 55.9 Å². The Morgan fingerprint density at radius 2 is 1.93 bits per heavy atom. The van der Waals surface area contributed by atoms with E-state index in [0.717, 1.165) is 47.3 Å². The maximum absolute atomic E-state index is 13.3. The van der Waals surface area contributed by atoms with Gasteiger partial charge in [-0.15, -0.1) is 24.0 Å². The summed E-state index contributed by atoms with van der Waals surface area (Å²) in [7, 11) is 0. The molecule has 30 heavy (non-hydrogen) atoms. The quantitative estimate of drug-likeness (QED) is 0.280. The predicted molar refractivity (Wildman–Crippen MR) is 129 cm³/mol. The molecule has 0 aliphatic heterocycles. The van der Waals surface area contributed by atoms with E-state index < -0.39 is 0 Å². The minimum Gasteiger partial charge on any atom is -0.357 e. The fourth-order valence-electron chi connectivity index (χ4n) is 3.03. The van der Waals surface area contributed by atoms with Crippen LogP contribution >= 0.6 is 24.0 Å². The minimum atomic E-state index is -0.209. The highest BCUT2D eigenvalue weighted by molar-refractivity contribution is 14.0. The predicted octanol–water partition coefficient (Wildman–Crippen LogP) is 3.94. The van der Waals surface area contributed by atoms with Gasteiger partial charge in [-0.05, 0) is 62.6 Å². The molecule has 0 atom stereocenters. The van der Waals surface area contributed by atoms with Crippen molar-refractivity contribution in [3.63, 3.8) is 0 Å². The van der Waals surface area contributed by atoms with Crippen LogP contribution in [0.15, 0.2) is 53.7 Å². The molecule has 0 saturated heterocycles. The summed E-state index contributed by atoms with van der Waals surface area (Å²) in [5.41, 5.74) is 3.99. The molecule has 0 bridgehead atoms. The number of aryl methyl sites for hydroxylation is 2. The molecule has 2 aromatic heterocycles. The van der Waals surface area contributed by atoms with Gasteiger partial charge in [-0.25, -0.2) is 19.0 Å². The minimum absolute atomic E-state index is 0. The number of aliphatic imine (C=N–C) groups is 1. The van der Waals surface area contributed by atoms with Gasteiger partial charge in [-0.1, -0.05) is 18.2 Å². The molecular formula is C22H28FIN6. The SMILES string of the molecule is CCNC(=NCc1ccc(-n2nc(C)cc2C)nc1)NCCc1cccc(F)c1.I. The van der Waals surface area contributed by atoms with Gasteiger partial charge in [0.1, 0.15) is 5.82 Å². The maximum atomic E-state index is 13.3. The van der Waals surface area contributed by atoms with Crippen molar-refractivity contribution >= 4 is 29.9 Å². The van der Waals surface area contributed by atoms with Crippen molar-refractivity contribution in [3.05, 3.63) is 77.0 Å².